The highest BCUT2D eigenvalue weighted by atomic mass is 16.6. The number of ether oxygens (including phenoxy) is 1. The van der Waals surface area contributed by atoms with E-state index >= 15 is 0 Å². The predicted octanol–water partition coefficient (Wildman–Crippen LogP) is 3.52. The number of benzene rings is 1. The highest BCUT2D eigenvalue weighted by Gasteiger charge is 2.22. The lowest BCUT2D eigenvalue weighted by Crippen LogP contribution is -2.35. The van der Waals surface area contributed by atoms with Gasteiger partial charge in [-0.05, 0) is 44.5 Å². The van der Waals surface area contributed by atoms with Gasteiger partial charge in [-0.15, -0.1) is 0 Å². The fourth-order valence-corrected chi connectivity index (χ4v) is 2.26. The fourth-order valence-electron chi connectivity index (χ4n) is 2.26. The Labute approximate surface area is 158 Å². The van der Waals surface area contributed by atoms with Crippen LogP contribution in [0.3, 0.4) is 0 Å². The number of carboxylic acids is 1. The van der Waals surface area contributed by atoms with Crippen molar-refractivity contribution in [1.82, 2.24) is 10.3 Å². The lowest BCUT2D eigenvalue weighted by atomic mass is 10.0. The Bertz CT molecular complexity index is 861. The third-order valence-corrected chi connectivity index (χ3v) is 3.36. The van der Waals surface area contributed by atoms with Gasteiger partial charge in [0, 0.05) is 23.5 Å². The van der Waals surface area contributed by atoms with Crippen LogP contribution in [-0.2, 0) is 9.53 Å². The number of hydrogen-bond acceptors (Lipinski definition) is 4. The first-order valence-electron chi connectivity index (χ1n) is 8.46. The highest BCUT2D eigenvalue weighted by Crippen LogP contribution is 2.18. The molecule has 140 valence electrons. The van der Waals surface area contributed by atoms with Crippen LogP contribution in [0.5, 0.6) is 0 Å². The van der Waals surface area contributed by atoms with Crippen LogP contribution in [0.25, 0.3) is 0 Å². The normalized spacial score (nSPS) is 11.7. The van der Waals surface area contributed by atoms with Crippen LogP contribution >= 0.6 is 0 Å². The predicted molar refractivity (Wildman–Crippen MR) is 101 cm³/mol. The van der Waals surface area contributed by atoms with Crippen molar-refractivity contribution in [1.29, 1.82) is 0 Å². The van der Waals surface area contributed by atoms with Crippen molar-refractivity contribution < 1.29 is 19.4 Å². The summed E-state index contributed by atoms with van der Waals surface area (Å²) in [6, 6.07) is 10.4. The number of carboxylic acid groups (broad SMARTS) is 1. The lowest BCUT2D eigenvalue weighted by molar-refractivity contribution is -0.137. The van der Waals surface area contributed by atoms with Gasteiger partial charge < -0.3 is 15.2 Å². The molecule has 1 amide bonds. The molecule has 1 heterocycles. The summed E-state index contributed by atoms with van der Waals surface area (Å²) in [5.41, 5.74) is 1.34. The van der Waals surface area contributed by atoms with Crippen molar-refractivity contribution in [2.75, 3.05) is 0 Å². The molecule has 1 atom stereocenters. The summed E-state index contributed by atoms with van der Waals surface area (Å²) in [6.45, 7) is 5.21. The molecule has 1 aromatic carbocycles. The minimum atomic E-state index is -1.04. The molecule has 6 nitrogen and oxygen atoms in total. The molecule has 1 aromatic heterocycles. The van der Waals surface area contributed by atoms with Gasteiger partial charge in [-0.25, -0.2) is 4.79 Å². The molecule has 0 radical (unpaired) electrons. The van der Waals surface area contributed by atoms with Gasteiger partial charge in [-0.2, -0.15) is 0 Å². The van der Waals surface area contributed by atoms with E-state index in [9.17, 15) is 14.7 Å². The fraction of sp³-hybridized carbons (Fsp3) is 0.286. The molecule has 0 bridgehead atoms. The first kappa shape index (κ1) is 20.0. The van der Waals surface area contributed by atoms with Crippen LogP contribution in [0.4, 0.5) is 4.79 Å². The molecule has 2 rings (SSSR count). The summed E-state index contributed by atoms with van der Waals surface area (Å²) in [6.07, 6.45) is 2.12. The maximum absolute atomic E-state index is 12.0. The number of alkyl carbamates (subject to hydrolysis) is 1. The Morgan fingerprint density at radius 1 is 1.15 bits per heavy atom. The van der Waals surface area contributed by atoms with Gasteiger partial charge in [-0.1, -0.05) is 30.0 Å². The topological polar surface area (TPSA) is 88.5 Å². The highest BCUT2D eigenvalue weighted by molar-refractivity contribution is 5.72. The number of rotatable bonds is 4. The maximum atomic E-state index is 12.0. The molecule has 2 N–H and O–H groups in total. The molecule has 0 saturated heterocycles. The monoisotopic (exact) mass is 366 g/mol. The van der Waals surface area contributed by atoms with E-state index in [1.807, 2.05) is 30.3 Å². The SMILES string of the molecule is CC(C)(C)OC(=O)NC(CC(=O)O)c1cncc(C#Cc2ccccc2)c1. The quantitative estimate of drug-likeness (QED) is 0.808. The molecule has 27 heavy (non-hydrogen) atoms. The molecule has 1 unspecified atom stereocenters. The number of carbonyl (C=O) groups excluding carboxylic acids is 1. The van der Waals surface area contributed by atoms with Gasteiger partial charge in [0.1, 0.15) is 5.60 Å². The molecule has 0 spiro atoms. The average molecular weight is 366 g/mol. The Balaban J connectivity index is 2.22. The van der Waals surface area contributed by atoms with Gasteiger partial charge in [-0.3, -0.25) is 9.78 Å². The smallest absolute Gasteiger partial charge is 0.408 e. The van der Waals surface area contributed by atoms with Crippen LogP contribution in [-0.4, -0.2) is 27.8 Å². The average Bonchev–Trinajstić information content (AvgIpc) is 2.58. The summed E-state index contributed by atoms with van der Waals surface area (Å²) in [4.78, 5) is 27.4. The van der Waals surface area contributed by atoms with Gasteiger partial charge in [0.25, 0.3) is 0 Å². The van der Waals surface area contributed by atoms with E-state index in [1.165, 1.54) is 6.20 Å². The zero-order valence-electron chi connectivity index (χ0n) is 15.5. The Hall–Kier alpha value is -3.33. The van der Waals surface area contributed by atoms with Gasteiger partial charge in [0.15, 0.2) is 0 Å². The van der Waals surface area contributed by atoms with Crippen molar-refractivity contribution in [2.24, 2.45) is 0 Å². The first-order valence-corrected chi connectivity index (χ1v) is 8.46. The molecule has 6 heteroatoms. The Morgan fingerprint density at radius 3 is 2.44 bits per heavy atom. The van der Waals surface area contributed by atoms with Crippen molar-refractivity contribution in [3.63, 3.8) is 0 Å². The first-order chi connectivity index (χ1) is 12.7. The number of nitrogens with zero attached hydrogens (tertiary/aromatic N) is 1. The Morgan fingerprint density at radius 2 is 1.81 bits per heavy atom. The maximum Gasteiger partial charge on any atom is 0.408 e. The summed E-state index contributed by atoms with van der Waals surface area (Å²) >= 11 is 0. The van der Waals surface area contributed by atoms with E-state index in [4.69, 9.17) is 4.74 Å². The third kappa shape index (κ3) is 7.20. The second-order valence-electron chi connectivity index (χ2n) is 6.92. The summed E-state index contributed by atoms with van der Waals surface area (Å²) < 4.78 is 5.22. The molecule has 2 aromatic rings. The molecule has 0 fully saturated rings. The molecular weight excluding hydrogens is 344 g/mol. The molecule has 0 aliphatic carbocycles. The summed E-state index contributed by atoms with van der Waals surface area (Å²) in [7, 11) is 0. The van der Waals surface area contributed by atoms with E-state index < -0.39 is 23.7 Å². The van der Waals surface area contributed by atoms with Crippen LogP contribution in [0.2, 0.25) is 0 Å². The second kappa shape index (κ2) is 8.86. The number of nitrogens with one attached hydrogen (secondary N) is 1. The van der Waals surface area contributed by atoms with Crippen molar-refractivity contribution in [3.8, 4) is 11.8 Å². The minimum absolute atomic E-state index is 0.295. The lowest BCUT2D eigenvalue weighted by Gasteiger charge is -2.23. The van der Waals surface area contributed by atoms with Gasteiger partial charge in [0.2, 0.25) is 0 Å². The van der Waals surface area contributed by atoms with Crippen molar-refractivity contribution in [2.45, 2.75) is 38.8 Å². The van der Waals surface area contributed by atoms with Gasteiger partial charge >= 0.3 is 12.1 Å². The van der Waals surface area contributed by atoms with E-state index in [2.05, 4.69) is 22.1 Å². The van der Waals surface area contributed by atoms with E-state index in [1.54, 1.807) is 33.0 Å². The van der Waals surface area contributed by atoms with Crippen LogP contribution in [0.1, 0.15) is 49.9 Å². The van der Waals surface area contributed by atoms with Crippen molar-refractivity contribution >= 4 is 12.1 Å². The molecular formula is C21H22N2O4. The van der Waals surface area contributed by atoms with E-state index in [0.29, 0.717) is 11.1 Å². The van der Waals surface area contributed by atoms with E-state index in [-0.39, 0.29) is 6.42 Å². The van der Waals surface area contributed by atoms with Crippen LogP contribution in [0, 0.1) is 11.8 Å². The third-order valence-electron chi connectivity index (χ3n) is 3.36. The standard InChI is InChI=1S/C21H22N2O4/c1-21(2,3)27-20(26)23-18(12-19(24)25)17-11-16(13-22-14-17)10-9-15-7-5-4-6-8-15/h4-8,11,13-14,18H,12H2,1-3H3,(H,23,26)(H,24,25). The molecule has 0 saturated carbocycles. The number of aliphatic carboxylic acids is 1. The van der Waals surface area contributed by atoms with E-state index in [0.717, 1.165) is 5.56 Å². The van der Waals surface area contributed by atoms with Crippen LogP contribution in [0.15, 0.2) is 48.8 Å². The largest absolute Gasteiger partial charge is 0.481 e. The number of amides is 1. The van der Waals surface area contributed by atoms with Crippen molar-refractivity contribution in [3.05, 3.63) is 65.5 Å². The number of carbonyl (C=O) groups is 2. The Kier molecular flexibility index (Phi) is 6.56. The molecule has 0 aliphatic rings. The zero-order chi connectivity index (χ0) is 19.9. The number of aromatic nitrogens is 1. The van der Waals surface area contributed by atoms with Crippen LogP contribution < -0.4 is 5.32 Å². The van der Waals surface area contributed by atoms with Gasteiger partial charge in [0.05, 0.1) is 12.5 Å². The summed E-state index contributed by atoms with van der Waals surface area (Å²) in [5, 5.41) is 11.8. The number of hydrogen-bond donors (Lipinski definition) is 2. The summed E-state index contributed by atoms with van der Waals surface area (Å²) in [5.74, 6) is 4.97. The number of pyridine rings is 1. The second-order valence-corrected chi connectivity index (χ2v) is 6.92. The molecule has 0 aliphatic heterocycles. The zero-order valence-corrected chi connectivity index (χ0v) is 15.5. The minimum Gasteiger partial charge on any atom is -0.481 e.